The van der Waals surface area contributed by atoms with Crippen LogP contribution in [-0.2, 0) is 6.42 Å². The van der Waals surface area contributed by atoms with Crippen molar-refractivity contribution in [3.63, 3.8) is 0 Å². The Labute approximate surface area is 129 Å². The second kappa shape index (κ2) is 7.81. The molecule has 0 radical (unpaired) electrons. The Bertz CT molecular complexity index is 435. The molecule has 1 fully saturated rings. The summed E-state index contributed by atoms with van der Waals surface area (Å²) in [5, 5.41) is 0. The molecule has 1 aromatic carbocycles. The lowest BCUT2D eigenvalue weighted by Gasteiger charge is -2.42. The number of benzene rings is 1. The van der Waals surface area contributed by atoms with Crippen LogP contribution >= 0.6 is 0 Å². The number of likely N-dealkylation sites (tertiary alicyclic amines) is 1. The summed E-state index contributed by atoms with van der Waals surface area (Å²) in [6.07, 6.45) is 4.87. The first-order valence-corrected chi connectivity index (χ1v) is 8.27. The Kier molecular flexibility index (Phi) is 6.07. The highest BCUT2D eigenvalue weighted by Gasteiger charge is 2.29. The Morgan fingerprint density at radius 1 is 1.38 bits per heavy atom. The van der Waals surface area contributed by atoms with Gasteiger partial charge < -0.3 is 10.5 Å². The van der Waals surface area contributed by atoms with Crippen LogP contribution in [0.2, 0.25) is 0 Å². The lowest BCUT2D eigenvalue weighted by Crippen LogP contribution is -2.51. The van der Waals surface area contributed by atoms with Crippen molar-refractivity contribution in [3.8, 4) is 5.75 Å². The predicted molar refractivity (Wildman–Crippen MR) is 88.7 cm³/mol. The molecule has 21 heavy (non-hydrogen) atoms. The van der Waals surface area contributed by atoms with Crippen LogP contribution in [0, 0.1) is 5.92 Å². The SMILES string of the molecule is CCC1CCN(C(C)Cc2ccccc2OC)C(CN)C1. The lowest BCUT2D eigenvalue weighted by atomic mass is 9.87. The number of hydrogen-bond donors (Lipinski definition) is 1. The quantitative estimate of drug-likeness (QED) is 0.875. The van der Waals surface area contributed by atoms with Gasteiger partial charge in [-0.25, -0.2) is 0 Å². The minimum Gasteiger partial charge on any atom is -0.496 e. The van der Waals surface area contributed by atoms with Crippen LogP contribution in [0.5, 0.6) is 5.75 Å². The molecule has 3 heteroatoms. The number of para-hydroxylation sites is 1. The van der Waals surface area contributed by atoms with Gasteiger partial charge in [0.2, 0.25) is 0 Å². The molecule has 1 heterocycles. The van der Waals surface area contributed by atoms with E-state index >= 15 is 0 Å². The van der Waals surface area contributed by atoms with Crippen molar-refractivity contribution in [3.05, 3.63) is 29.8 Å². The fourth-order valence-corrected chi connectivity index (χ4v) is 3.64. The molecule has 1 aromatic rings. The van der Waals surface area contributed by atoms with E-state index in [0.717, 1.165) is 24.6 Å². The lowest BCUT2D eigenvalue weighted by molar-refractivity contribution is 0.0772. The predicted octanol–water partition coefficient (Wildman–Crippen LogP) is 3.08. The van der Waals surface area contributed by atoms with Gasteiger partial charge in [-0.05, 0) is 50.3 Å². The van der Waals surface area contributed by atoms with Crippen molar-refractivity contribution in [2.24, 2.45) is 11.7 Å². The second-order valence-electron chi connectivity index (χ2n) is 6.29. The van der Waals surface area contributed by atoms with Gasteiger partial charge in [0.05, 0.1) is 7.11 Å². The first kappa shape index (κ1) is 16.3. The third-order valence-corrected chi connectivity index (χ3v) is 4.99. The van der Waals surface area contributed by atoms with Gasteiger partial charge in [-0.2, -0.15) is 0 Å². The molecule has 2 rings (SSSR count). The molecular weight excluding hydrogens is 260 g/mol. The van der Waals surface area contributed by atoms with Crippen molar-refractivity contribution in [1.29, 1.82) is 0 Å². The minimum absolute atomic E-state index is 0.507. The zero-order valence-electron chi connectivity index (χ0n) is 13.7. The number of ether oxygens (including phenoxy) is 1. The van der Waals surface area contributed by atoms with Gasteiger partial charge in [0, 0.05) is 18.6 Å². The highest BCUT2D eigenvalue weighted by molar-refractivity contribution is 5.33. The third-order valence-electron chi connectivity index (χ3n) is 4.99. The number of piperidine rings is 1. The molecule has 2 N–H and O–H groups in total. The molecule has 3 unspecified atom stereocenters. The molecule has 3 nitrogen and oxygen atoms in total. The van der Waals surface area contributed by atoms with Gasteiger partial charge in [-0.3, -0.25) is 4.90 Å². The molecule has 1 aliphatic heterocycles. The molecule has 0 spiro atoms. The maximum atomic E-state index is 6.03. The maximum Gasteiger partial charge on any atom is 0.122 e. The fraction of sp³-hybridized carbons (Fsp3) is 0.667. The van der Waals surface area contributed by atoms with E-state index in [4.69, 9.17) is 10.5 Å². The zero-order chi connectivity index (χ0) is 15.2. The summed E-state index contributed by atoms with van der Waals surface area (Å²) in [4.78, 5) is 2.61. The summed E-state index contributed by atoms with van der Waals surface area (Å²) >= 11 is 0. The number of nitrogens with two attached hydrogens (primary N) is 1. The molecule has 0 bridgehead atoms. The summed E-state index contributed by atoms with van der Waals surface area (Å²) in [5.74, 6) is 1.85. The van der Waals surface area contributed by atoms with Gasteiger partial charge in [0.1, 0.15) is 5.75 Å². The average molecular weight is 290 g/mol. The largest absolute Gasteiger partial charge is 0.496 e. The van der Waals surface area contributed by atoms with E-state index in [1.54, 1.807) is 7.11 Å². The van der Waals surface area contributed by atoms with Crippen LogP contribution in [0.15, 0.2) is 24.3 Å². The fourth-order valence-electron chi connectivity index (χ4n) is 3.64. The Balaban J connectivity index is 2.03. The van der Waals surface area contributed by atoms with E-state index in [0.29, 0.717) is 12.1 Å². The molecular formula is C18H30N2O. The van der Waals surface area contributed by atoms with E-state index in [1.165, 1.54) is 31.4 Å². The monoisotopic (exact) mass is 290 g/mol. The van der Waals surface area contributed by atoms with Crippen molar-refractivity contribution in [2.75, 3.05) is 20.2 Å². The van der Waals surface area contributed by atoms with Gasteiger partial charge in [-0.15, -0.1) is 0 Å². The summed E-state index contributed by atoms with van der Waals surface area (Å²) < 4.78 is 5.48. The van der Waals surface area contributed by atoms with Crippen molar-refractivity contribution >= 4 is 0 Å². The normalized spacial score (nSPS) is 24.8. The summed E-state index contributed by atoms with van der Waals surface area (Å²) in [7, 11) is 1.75. The number of hydrogen-bond acceptors (Lipinski definition) is 3. The summed E-state index contributed by atoms with van der Waals surface area (Å²) in [6, 6.07) is 9.38. The topological polar surface area (TPSA) is 38.5 Å². The van der Waals surface area contributed by atoms with Crippen LogP contribution in [0.3, 0.4) is 0 Å². The summed E-state index contributed by atoms with van der Waals surface area (Å²) in [6.45, 7) is 6.57. The first-order valence-electron chi connectivity index (χ1n) is 8.27. The second-order valence-corrected chi connectivity index (χ2v) is 6.29. The smallest absolute Gasteiger partial charge is 0.122 e. The minimum atomic E-state index is 0.507. The maximum absolute atomic E-state index is 6.03. The van der Waals surface area contributed by atoms with Crippen molar-refractivity contribution in [1.82, 2.24) is 4.90 Å². The van der Waals surface area contributed by atoms with Crippen molar-refractivity contribution in [2.45, 2.75) is 51.6 Å². The molecule has 118 valence electrons. The van der Waals surface area contributed by atoms with Crippen LogP contribution in [0.25, 0.3) is 0 Å². The number of rotatable bonds is 6. The molecule has 1 aliphatic rings. The van der Waals surface area contributed by atoms with Crippen LogP contribution in [0.4, 0.5) is 0 Å². The molecule has 1 saturated heterocycles. The van der Waals surface area contributed by atoms with Crippen LogP contribution < -0.4 is 10.5 Å². The van der Waals surface area contributed by atoms with Gasteiger partial charge in [-0.1, -0.05) is 31.5 Å². The van der Waals surface area contributed by atoms with Gasteiger partial charge in [0.25, 0.3) is 0 Å². The van der Waals surface area contributed by atoms with E-state index in [2.05, 4.69) is 30.9 Å². The molecule has 0 saturated carbocycles. The van der Waals surface area contributed by atoms with Crippen LogP contribution in [0.1, 0.15) is 38.7 Å². The number of nitrogens with zero attached hydrogens (tertiary/aromatic N) is 1. The van der Waals surface area contributed by atoms with E-state index < -0.39 is 0 Å². The average Bonchev–Trinajstić information content (AvgIpc) is 2.54. The number of methoxy groups -OCH3 is 1. The standard InChI is InChI=1S/C18H30N2O/c1-4-15-9-10-20(17(12-15)13-19)14(2)11-16-7-5-6-8-18(16)21-3/h5-8,14-15,17H,4,9-13,19H2,1-3H3. The molecule has 0 aromatic heterocycles. The molecule has 0 amide bonds. The Morgan fingerprint density at radius 2 is 2.14 bits per heavy atom. The summed E-state index contributed by atoms with van der Waals surface area (Å²) in [5.41, 5.74) is 7.32. The molecule has 0 aliphatic carbocycles. The Morgan fingerprint density at radius 3 is 2.81 bits per heavy atom. The first-order chi connectivity index (χ1) is 10.2. The van der Waals surface area contributed by atoms with E-state index in [1.807, 2.05) is 12.1 Å². The van der Waals surface area contributed by atoms with E-state index in [9.17, 15) is 0 Å². The molecule has 3 atom stereocenters. The van der Waals surface area contributed by atoms with Crippen molar-refractivity contribution < 1.29 is 4.74 Å². The van der Waals surface area contributed by atoms with E-state index in [-0.39, 0.29) is 0 Å². The zero-order valence-corrected chi connectivity index (χ0v) is 13.7. The van der Waals surface area contributed by atoms with Crippen LogP contribution in [-0.4, -0.2) is 37.2 Å². The highest BCUT2D eigenvalue weighted by atomic mass is 16.5. The highest BCUT2D eigenvalue weighted by Crippen LogP contribution is 2.28. The van der Waals surface area contributed by atoms with Gasteiger partial charge in [0.15, 0.2) is 0 Å². The third kappa shape index (κ3) is 3.98. The van der Waals surface area contributed by atoms with Gasteiger partial charge >= 0.3 is 0 Å². The Hall–Kier alpha value is -1.06.